The summed E-state index contributed by atoms with van der Waals surface area (Å²) in [5.74, 6) is 0.796. The quantitative estimate of drug-likeness (QED) is 0.694. The van der Waals surface area contributed by atoms with E-state index in [2.05, 4.69) is 20.6 Å². The van der Waals surface area contributed by atoms with Gasteiger partial charge in [0.1, 0.15) is 0 Å². The Kier molecular flexibility index (Phi) is 1.49. The van der Waals surface area contributed by atoms with Gasteiger partial charge >= 0.3 is 0 Å². The first-order valence-electron chi connectivity index (χ1n) is 4.74. The predicted octanol–water partition coefficient (Wildman–Crippen LogP) is 0.654. The normalized spacial score (nSPS) is 20.0. The molecule has 68 valence electrons. The summed E-state index contributed by atoms with van der Waals surface area (Å²) in [5, 5.41) is 6.55. The van der Waals surface area contributed by atoms with Crippen LogP contribution in [0.3, 0.4) is 0 Å². The van der Waals surface area contributed by atoms with E-state index in [0.29, 0.717) is 6.04 Å². The minimum absolute atomic E-state index is 0.632. The minimum atomic E-state index is 0.632. The Morgan fingerprint density at radius 3 is 3.15 bits per heavy atom. The van der Waals surface area contributed by atoms with E-state index in [4.69, 9.17) is 0 Å². The Balaban J connectivity index is 1.86. The molecular formula is C9H12N4. The van der Waals surface area contributed by atoms with Crippen LogP contribution in [-0.2, 0) is 13.1 Å². The molecule has 4 nitrogen and oxygen atoms in total. The average molecular weight is 176 g/mol. The summed E-state index contributed by atoms with van der Waals surface area (Å²) < 4.78 is 0. The smallest absolute Gasteiger partial charge is 0.223 e. The first-order valence-corrected chi connectivity index (χ1v) is 4.74. The van der Waals surface area contributed by atoms with Crippen molar-refractivity contribution in [3.63, 3.8) is 0 Å². The van der Waals surface area contributed by atoms with Crippen LogP contribution in [0.4, 0.5) is 5.95 Å². The van der Waals surface area contributed by atoms with Crippen LogP contribution in [0.2, 0.25) is 0 Å². The molecule has 1 aromatic heterocycles. The van der Waals surface area contributed by atoms with Crippen LogP contribution in [-0.4, -0.2) is 16.0 Å². The van der Waals surface area contributed by atoms with Crippen LogP contribution in [0.25, 0.3) is 0 Å². The Morgan fingerprint density at radius 2 is 2.31 bits per heavy atom. The third-order valence-electron chi connectivity index (χ3n) is 2.47. The second-order valence-electron chi connectivity index (χ2n) is 3.69. The predicted molar refractivity (Wildman–Crippen MR) is 49.2 cm³/mol. The maximum Gasteiger partial charge on any atom is 0.223 e. The van der Waals surface area contributed by atoms with E-state index in [0.717, 1.165) is 24.7 Å². The number of nitrogens with one attached hydrogen (secondary N) is 2. The highest BCUT2D eigenvalue weighted by molar-refractivity contribution is 5.33. The Bertz CT molecular complexity index is 332. The summed E-state index contributed by atoms with van der Waals surface area (Å²) in [6.07, 6.45) is 4.45. The summed E-state index contributed by atoms with van der Waals surface area (Å²) in [7, 11) is 0. The Hall–Kier alpha value is -1.16. The second-order valence-corrected chi connectivity index (χ2v) is 3.69. The van der Waals surface area contributed by atoms with Crippen molar-refractivity contribution in [2.75, 3.05) is 5.32 Å². The van der Waals surface area contributed by atoms with Crippen molar-refractivity contribution < 1.29 is 0 Å². The van der Waals surface area contributed by atoms with Crippen molar-refractivity contribution in [2.45, 2.75) is 32.0 Å². The van der Waals surface area contributed by atoms with Gasteiger partial charge in [-0.05, 0) is 12.8 Å². The number of aromatic nitrogens is 2. The number of rotatable bonds is 2. The fraction of sp³-hybridized carbons (Fsp3) is 0.556. The lowest BCUT2D eigenvalue weighted by Crippen LogP contribution is -2.06. The highest BCUT2D eigenvalue weighted by Crippen LogP contribution is 2.23. The van der Waals surface area contributed by atoms with Crippen molar-refractivity contribution in [3.05, 3.63) is 17.5 Å². The third kappa shape index (κ3) is 1.37. The summed E-state index contributed by atoms with van der Waals surface area (Å²) in [5.41, 5.74) is 2.39. The molecule has 0 amide bonds. The van der Waals surface area contributed by atoms with Crippen molar-refractivity contribution in [1.82, 2.24) is 15.3 Å². The molecule has 1 fully saturated rings. The topological polar surface area (TPSA) is 49.8 Å². The summed E-state index contributed by atoms with van der Waals surface area (Å²) in [6, 6.07) is 0.632. The van der Waals surface area contributed by atoms with Crippen molar-refractivity contribution >= 4 is 5.95 Å². The van der Waals surface area contributed by atoms with Crippen molar-refractivity contribution in [2.24, 2.45) is 0 Å². The number of anilines is 1. The van der Waals surface area contributed by atoms with E-state index in [1.807, 2.05) is 6.20 Å². The van der Waals surface area contributed by atoms with E-state index in [1.54, 1.807) is 0 Å². The van der Waals surface area contributed by atoms with Gasteiger partial charge in [-0.15, -0.1) is 0 Å². The zero-order valence-corrected chi connectivity index (χ0v) is 7.38. The third-order valence-corrected chi connectivity index (χ3v) is 2.47. The summed E-state index contributed by atoms with van der Waals surface area (Å²) in [4.78, 5) is 8.72. The van der Waals surface area contributed by atoms with E-state index in [-0.39, 0.29) is 0 Å². The lowest BCUT2D eigenvalue weighted by molar-refractivity contribution is 0.757. The summed E-state index contributed by atoms with van der Waals surface area (Å²) in [6.45, 7) is 1.80. The molecular weight excluding hydrogens is 164 g/mol. The second kappa shape index (κ2) is 2.67. The van der Waals surface area contributed by atoms with Crippen LogP contribution in [0.15, 0.2) is 6.20 Å². The van der Waals surface area contributed by atoms with Gasteiger partial charge in [0.05, 0.1) is 5.69 Å². The maximum absolute atomic E-state index is 4.45. The van der Waals surface area contributed by atoms with Crippen LogP contribution in [0.5, 0.6) is 0 Å². The first-order chi connectivity index (χ1) is 6.42. The molecule has 13 heavy (non-hydrogen) atoms. The number of hydrogen-bond donors (Lipinski definition) is 2. The molecule has 2 heterocycles. The molecule has 1 aromatic rings. The van der Waals surface area contributed by atoms with Crippen LogP contribution in [0.1, 0.15) is 24.1 Å². The molecule has 1 aliphatic heterocycles. The molecule has 1 aliphatic carbocycles. The van der Waals surface area contributed by atoms with Crippen LogP contribution >= 0.6 is 0 Å². The molecule has 0 spiro atoms. The van der Waals surface area contributed by atoms with Gasteiger partial charge in [0.15, 0.2) is 0 Å². The SMILES string of the molecule is c1nc(NC2CC2)nc2c1CNC2. The monoisotopic (exact) mass is 176 g/mol. The van der Waals surface area contributed by atoms with Crippen molar-refractivity contribution in [1.29, 1.82) is 0 Å². The number of hydrogen-bond acceptors (Lipinski definition) is 4. The molecule has 1 saturated carbocycles. The van der Waals surface area contributed by atoms with Gasteiger partial charge in [-0.25, -0.2) is 9.97 Å². The molecule has 3 rings (SSSR count). The molecule has 0 aromatic carbocycles. The van der Waals surface area contributed by atoms with E-state index in [9.17, 15) is 0 Å². The minimum Gasteiger partial charge on any atom is -0.351 e. The molecule has 2 aliphatic rings. The lowest BCUT2D eigenvalue weighted by atomic mass is 10.3. The fourth-order valence-electron chi connectivity index (χ4n) is 1.54. The van der Waals surface area contributed by atoms with Gasteiger partial charge in [0, 0.05) is 30.9 Å². The van der Waals surface area contributed by atoms with Gasteiger partial charge in [-0.3, -0.25) is 0 Å². The standard InChI is InChI=1S/C9H12N4/c1-2-7(1)12-9-11-4-6-3-10-5-8(6)13-9/h4,7,10H,1-3,5H2,(H,11,12,13). The van der Waals surface area contributed by atoms with Crippen molar-refractivity contribution in [3.8, 4) is 0 Å². The molecule has 0 bridgehead atoms. The highest BCUT2D eigenvalue weighted by Gasteiger charge is 2.22. The van der Waals surface area contributed by atoms with Crippen LogP contribution < -0.4 is 10.6 Å². The maximum atomic E-state index is 4.45. The molecule has 2 N–H and O–H groups in total. The molecule has 0 radical (unpaired) electrons. The summed E-state index contributed by atoms with van der Waals surface area (Å²) >= 11 is 0. The lowest BCUT2D eigenvalue weighted by Gasteiger charge is -2.03. The first kappa shape index (κ1) is 7.26. The zero-order chi connectivity index (χ0) is 8.67. The van der Waals surface area contributed by atoms with E-state index < -0.39 is 0 Å². The molecule has 4 heteroatoms. The number of nitrogens with zero attached hydrogens (tertiary/aromatic N) is 2. The van der Waals surface area contributed by atoms with Gasteiger partial charge in [-0.2, -0.15) is 0 Å². The zero-order valence-electron chi connectivity index (χ0n) is 7.38. The molecule has 0 unspecified atom stereocenters. The van der Waals surface area contributed by atoms with E-state index in [1.165, 1.54) is 18.4 Å². The van der Waals surface area contributed by atoms with Gasteiger partial charge < -0.3 is 10.6 Å². The van der Waals surface area contributed by atoms with Gasteiger partial charge in [-0.1, -0.05) is 0 Å². The highest BCUT2D eigenvalue weighted by atomic mass is 15.1. The van der Waals surface area contributed by atoms with Gasteiger partial charge in [0.25, 0.3) is 0 Å². The Labute approximate surface area is 76.8 Å². The van der Waals surface area contributed by atoms with Gasteiger partial charge in [0.2, 0.25) is 5.95 Å². The number of fused-ring (bicyclic) bond motifs is 1. The largest absolute Gasteiger partial charge is 0.351 e. The van der Waals surface area contributed by atoms with Crippen LogP contribution in [0, 0.1) is 0 Å². The molecule has 0 atom stereocenters. The molecule has 0 saturated heterocycles. The average Bonchev–Trinajstić information content (AvgIpc) is 2.83. The Morgan fingerprint density at radius 1 is 1.38 bits per heavy atom. The van der Waals surface area contributed by atoms with E-state index >= 15 is 0 Å². The fourth-order valence-corrected chi connectivity index (χ4v) is 1.54.